The van der Waals surface area contributed by atoms with Crippen LogP contribution in [0.3, 0.4) is 0 Å². The first kappa shape index (κ1) is 12.9. The van der Waals surface area contributed by atoms with Crippen LogP contribution in [0.1, 0.15) is 5.56 Å². The highest BCUT2D eigenvalue weighted by molar-refractivity contribution is 5.67. The third kappa shape index (κ3) is 3.45. The summed E-state index contributed by atoms with van der Waals surface area (Å²) < 4.78 is 5.12. The molecule has 1 aromatic carbocycles. The molecule has 2 rings (SSSR count). The maximum atomic E-state index is 11.6. The fraction of sp³-hybridized carbons (Fsp3) is 0.462. The van der Waals surface area contributed by atoms with E-state index in [-0.39, 0.29) is 25.2 Å². The molecule has 18 heavy (non-hydrogen) atoms. The molecule has 1 aliphatic heterocycles. The summed E-state index contributed by atoms with van der Waals surface area (Å²) >= 11 is 0. The van der Waals surface area contributed by atoms with Gasteiger partial charge in [-0.3, -0.25) is 0 Å². The number of amides is 1. The first-order valence-corrected chi connectivity index (χ1v) is 6.08. The summed E-state index contributed by atoms with van der Waals surface area (Å²) in [5, 5.41) is 15.0. The zero-order chi connectivity index (χ0) is 12.8. The third-order valence-electron chi connectivity index (χ3n) is 3.09. The van der Waals surface area contributed by atoms with Crippen molar-refractivity contribution in [3.05, 3.63) is 35.9 Å². The number of hydrogen-bond donors (Lipinski definition) is 3. The van der Waals surface area contributed by atoms with Gasteiger partial charge in [0.2, 0.25) is 0 Å². The summed E-state index contributed by atoms with van der Waals surface area (Å²) in [6, 6.07) is 9.47. The van der Waals surface area contributed by atoms with Crippen LogP contribution in [0.25, 0.3) is 0 Å². The molecule has 0 radical (unpaired) electrons. The van der Waals surface area contributed by atoms with Crippen LogP contribution in [0.4, 0.5) is 4.79 Å². The SMILES string of the molecule is O=C(N[C@H]1CNC[C@H]1CO)OCc1ccccc1. The Hall–Kier alpha value is -1.59. The standard InChI is InChI=1S/C13H18N2O3/c16-8-11-6-14-7-12(11)15-13(17)18-9-10-4-2-1-3-5-10/h1-5,11-12,14,16H,6-9H2,(H,15,17)/t11-,12-/m0/s1. The van der Waals surface area contributed by atoms with E-state index < -0.39 is 6.09 Å². The maximum absolute atomic E-state index is 11.6. The van der Waals surface area contributed by atoms with Crippen LogP contribution in [-0.2, 0) is 11.3 Å². The molecular weight excluding hydrogens is 232 g/mol. The smallest absolute Gasteiger partial charge is 0.407 e. The summed E-state index contributed by atoms with van der Waals surface area (Å²) in [7, 11) is 0. The summed E-state index contributed by atoms with van der Waals surface area (Å²) in [5.74, 6) is 0.0641. The highest BCUT2D eigenvalue weighted by atomic mass is 16.5. The van der Waals surface area contributed by atoms with Gasteiger partial charge in [-0.2, -0.15) is 0 Å². The molecule has 0 aromatic heterocycles. The van der Waals surface area contributed by atoms with Crippen LogP contribution in [0.15, 0.2) is 30.3 Å². The van der Waals surface area contributed by atoms with Crippen molar-refractivity contribution in [3.8, 4) is 0 Å². The number of rotatable bonds is 4. The Bertz CT molecular complexity index is 383. The number of aliphatic hydroxyl groups excluding tert-OH is 1. The van der Waals surface area contributed by atoms with Crippen molar-refractivity contribution in [2.24, 2.45) is 5.92 Å². The van der Waals surface area contributed by atoms with Crippen molar-refractivity contribution in [3.63, 3.8) is 0 Å². The monoisotopic (exact) mass is 250 g/mol. The number of aliphatic hydroxyl groups is 1. The summed E-state index contributed by atoms with van der Waals surface area (Å²) in [6.45, 7) is 1.72. The van der Waals surface area contributed by atoms with E-state index in [2.05, 4.69) is 10.6 Å². The molecule has 0 saturated carbocycles. The van der Waals surface area contributed by atoms with Crippen molar-refractivity contribution in [2.75, 3.05) is 19.7 Å². The van der Waals surface area contributed by atoms with Gasteiger partial charge in [0.05, 0.1) is 6.04 Å². The van der Waals surface area contributed by atoms with Gasteiger partial charge in [0.1, 0.15) is 6.61 Å². The molecule has 5 heteroatoms. The van der Waals surface area contributed by atoms with E-state index in [1.165, 1.54) is 0 Å². The predicted molar refractivity (Wildman–Crippen MR) is 67.0 cm³/mol. The van der Waals surface area contributed by atoms with Gasteiger partial charge in [-0.1, -0.05) is 30.3 Å². The Morgan fingerprint density at radius 1 is 1.39 bits per heavy atom. The minimum Gasteiger partial charge on any atom is -0.445 e. The Kier molecular flexibility index (Phi) is 4.55. The van der Waals surface area contributed by atoms with Crippen LogP contribution in [-0.4, -0.2) is 36.9 Å². The second-order valence-electron chi connectivity index (χ2n) is 4.41. The quantitative estimate of drug-likeness (QED) is 0.727. The molecule has 1 heterocycles. The average Bonchev–Trinajstić information content (AvgIpc) is 2.85. The van der Waals surface area contributed by atoms with Gasteiger partial charge in [-0.05, 0) is 5.56 Å². The topological polar surface area (TPSA) is 70.6 Å². The number of carbonyl (C=O) groups is 1. The Labute approximate surface area is 106 Å². The Balaban J connectivity index is 1.75. The fourth-order valence-corrected chi connectivity index (χ4v) is 2.01. The minimum absolute atomic E-state index is 0.0572. The zero-order valence-corrected chi connectivity index (χ0v) is 10.1. The zero-order valence-electron chi connectivity index (χ0n) is 10.1. The highest BCUT2D eigenvalue weighted by Gasteiger charge is 2.27. The van der Waals surface area contributed by atoms with Gasteiger partial charge in [0.25, 0.3) is 0 Å². The van der Waals surface area contributed by atoms with Crippen LogP contribution >= 0.6 is 0 Å². The summed E-state index contributed by atoms with van der Waals surface area (Å²) in [5.41, 5.74) is 0.955. The molecule has 5 nitrogen and oxygen atoms in total. The second-order valence-corrected chi connectivity index (χ2v) is 4.41. The molecule has 1 saturated heterocycles. The summed E-state index contributed by atoms with van der Waals surface area (Å²) in [6.07, 6.45) is -0.439. The van der Waals surface area contributed by atoms with Gasteiger partial charge < -0.3 is 20.5 Å². The molecule has 0 aliphatic carbocycles. The molecule has 1 fully saturated rings. The molecular formula is C13H18N2O3. The van der Waals surface area contributed by atoms with Crippen molar-refractivity contribution in [2.45, 2.75) is 12.6 Å². The van der Waals surface area contributed by atoms with Crippen molar-refractivity contribution in [1.29, 1.82) is 0 Å². The number of nitrogens with one attached hydrogen (secondary N) is 2. The average molecular weight is 250 g/mol. The van der Waals surface area contributed by atoms with Crippen molar-refractivity contribution < 1.29 is 14.6 Å². The Morgan fingerprint density at radius 2 is 2.17 bits per heavy atom. The lowest BCUT2D eigenvalue weighted by molar-refractivity contribution is 0.130. The normalized spacial score (nSPS) is 22.7. The molecule has 1 amide bonds. The molecule has 0 unspecified atom stereocenters. The van der Waals surface area contributed by atoms with Crippen molar-refractivity contribution >= 4 is 6.09 Å². The maximum Gasteiger partial charge on any atom is 0.407 e. The number of benzene rings is 1. The van der Waals surface area contributed by atoms with Crippen LogP contribution in [0.2, 0.25) is 0 Å². The second kappa shape index (κ2) is 6.37. The van der Waals surface area contributed by atoms with Gasteiger partial charge >= 0.3 is 6.09 Å². The van der Waals surface area contributed by atoms with E-state index in [9.17, 15) is 4.79 Å². The van der Waals surface area contributed by atoms with Gasteiger partial charge in [-0.25, -0.2) is 4.79 Å². The predicted octanol–water partition coefficient (Wildman–Crippen LogP) is 0.493. The fourth-order valence-electron chi connectivity index (χ4n) is 2.01. The number of ether oxygens (including phenoxy) is 1. The van der Waals surface area contributed by atoms with E-state index in [4.69, 9.17) is 9.84 Å². The number of alkyl carbamates (subject to hydrolysis) is 1. The molecule has 0 spiro atoms. The molecule has 3 N–H and O–H groups in total. The van der Waals surface area contributed by atoms with E-state index in [0.29, 0.717) is 6.54 Å². The lowest BCUT2D eigenvalue weighted by atomic mass is 10.1. The number of carbonyl (C=O) groups excluding carboxylic acids is 1. The molecule has 1 aromatic rings. The minimum atomic E-state index is -0.439. The Morgan fingerprint density at radius 3 is 2.89 bits per heavy atom. The van der Waals surface area contributed by atoms with E-state index in [1.807, 2.05) is 30.3 Å². The van der Waals surface area contributed by atoms with Crippen LogP contribution < -0.4 is 10.6 Å². The van der Waals surface area contributed by atoms with Gasteiger partial charge in [-0.15, -0.1) is 0 Å². The summed E-state index contributed by atoms with van der Waals surface area (Å²) in [4.78, 5) is 11.6. The number of hydrogen-bond acceptors (Lipinski definition) is 4. The van der Waals surface area contributed by atoms with Crippen molar-refractivity contribution in [1.82, 2.24) is 10.6 Å². The molecule has 98 valence electrons. The third-order valence-corrected chi connectivity index (χ3v) is 3.09. The molecule has 0 bridgehead atoms. The van der Waals surface area contributed by atoms with E-state index in [1.54, 1.807) is 0 Å². The first-order valence-electron chi connectivity index (χ1n) is 6.08. The molecule has 2 atom stereocenters. The lowest BCUT2D eigenvalue weighted by Crippen LogP contribution is -2.41. The molecule has 1 aliphatic rings. The van der Waals surface area contributed by atoms with Crippen LogP contribution in [0, 0.1) is 5.92 Å². The highest BCUT2D eigenvalue weighted by Crippen LogP contribution is 2.08. The lowest BCUT2D eigenvalue weighted by Gasteiger charge is -2.17. The van der Waals surface area contributed by atoms with E-state index >= 15 is 0 Å². The van der Waals surface area contributed by atoms with Gasteiger partial charge in [0.15, 0.2) is 0 Å². The first-order chi connectivity index (χ1) is 8.79. The largest absolute Gasteiger partial charge is 0.445 e. The van der Waals surface area contributed by atoms with E-state index in [0.717, 1.165) is 12.1 Å². The van der Waals surface area contributed by atoms with Crippen LogP contribution in [0.5, 0.6) is 0 Å². The van der Waals surface area contributed by atoms with Gasteiger partial charge in [0, 0.05) is 25.6 Å².